The number of benzene rings is 1. The molecule has 0 heterocycles. The molecule has 8 nitrogen and oxygen atoms in total. The number of aliphatic carboxylic acids is 1. The van der Waals surface area contributed by atoms with E-state index in [0.717, 1.165) is 5.56 Å². The number of carboxylic acid groups (broad SMARTS) is 1. The van der Waals surface area contributed by atoms with Crippen LogP contribution in [0.2, 0.25) is 0 Å². The van der Waals surface area contributed by atoms with Gasteiger partial charge >= 0.3 is 13.6 Å². The second-order valence-electron chi connectivity index (χ2n) is 7.36. The summed E-state index contributed by atoms with van der Waals surface area (Å²) in [6, 6.07) is 9.47. The zero-order chi connectivity index (χ0) is 22.6. The third kappa shape index (κ3) is 8.96. The summed E-state index contributed by atoms with van der Waals surface area (Å²) in [6.07, 6.45) is 1.44. The first-order valence-corrected chi connectivity index (χ1v) is 12.2. The number of amides is 1. The van der Waals surface area contributed by atoms with E-state index in [2.05, 4.69) is 5.32 Å². The molecule has 5 N–H and O–H groups in total. The molecular weight excluding hydrogens is 407 g/mol. The molecule has 0 aliphatic carbocycles. The van der Waals surface area contributed by atoms with Crippen LogP contribution in [0.25, 0.3) is 0 Å². The van der Waals surface area contributed by atoms with Crippen molar-refractivity contribution in [2.45, 2.75) is 70.7 Å². The van der Waals surface area contributed by atoms with Gasteiger partial charge in [-0.2, -0.15) is 0 Å². The molecule has 9 heteroatoms. The minimum Gasteiger partial charge on any atom is -0.479 e. The number of aryl methyl sites for hydroxylation is 1. The van der Waals surface area contributed by atoms with Crippen molar-refractivity contribution in [2.24, 2.45) is 11.7 Å². The molecule has 0 spiro atoms. The van der Waals surface area contributed by atoms with Crippen LogP contribution in [0, 0.1) is 5.92 Å². The molecule has 30 heavy (non-hydrogen) atoms. The van der Waals surface area contributed by atoms with Gasteiger partial charge in [0.1, 0.15) is 5.78 Å². The van der Waals surface area contributed by atoms with Gasteiger partial charge in [-0.25, -0.2) is 4.79 Å². The number of nitrogens with one attached hydrogen (secondary N) is 1. The van der Waals surface area contributed by atoms with Crippen molar-refractivity contribution in [2.75, 3.05) is 6.54 Å². The molecule has 1 aromatic carbocycles. The van der Waals surface area contributed by atoms with Crippen molar-refractivity contribution in [3.05, 3.63) is 35.9 Å². The van der Waals surface area contributed by atoms with Crippen molar-refractivity contribution >= 4 is 19.5 Å². The number of unbranched alkanes of at least 4 members (excludes halogenated alkanes) is 1. The molecule has 3 atom stereocenters. The van der Waals surface area contributed by atoms with Crippen LogP contribution in [0.15, 0.2) is 30.3 Å². The molecule has 0 saturated heterocycles. The van der Waals surface area contributed by atoms with E-state index in [9.17, 15) is 24.2 Å². The number of rotatable bonds is 15. The van der Waals surface area contributed by atoms with Gasteiger partial charge in [0.05, 0.1) is 0 Å². The molecule has 0 radical (unpaired) electrons. The Morgan fingerprint density at radius 1 is 1.20 bits per heavy atom. The smallest absolute Gasteiger partial charge is 0.351 e. The Bertz CT molecular complexity index is 702. The summed E-state index contributed by atoms with van der Waals surface area (Å²) in [6.45, 7) is 4.11. The van der Waals surface area contributed by atoms with Crippen LogP contribution in [-0.4, -0.2) is 40.3 Å². The number of carbonyl (C=O) groups is 2. The maximum atomic E-state index is 13.1. The highest BCUT2D eigenvalue weighted by atomic mass is 31.2. The first-order chi connectivity index (χ1) is 14.2. The second-order valence-corrected chi connectivity index (χ2v) is 9.25. The lowest BCUT2D eigenvalue weighted by atomic mass is 10.0. The van der Waals surface area contributed by atoms with Gasteiger partial charge in [0.25, 0.3) is 0 Å². The average molecular weight is 445 g/mol. The van der Waals surface area contributed by atoms with Crippen molar-refractivity contribution in [3.63, 3.8) is 0 Å². The molecule has 172 valence electrons. The normalized spacial score (nSPS) is 15.4. The van der Waals surface area contributed by atoms with Crippen molar-refractivity contribution in [3.8, 4) is 0 Å². The topological polar surface area (TPSA) is 139 Å². The highest BCUT2D eigenvalue weighted by Gasteiger charge is 2.41. The van der Waals surface area contributed by atoms with Crippen molar-refractivity contribution < 1.29 is 30.1 Å². The zero-order valence-corrected chi connectivity index (χ0v) is 18.7. The Hall–Kier alpha value is -1.73. The van der Waals surface area contributed by atoms with E-state index in [1.807, 2.05) is 44.2 Å². The van der Waals surface area contributed by atoms with E-state index < -0.39 is 25.5 Å². The van der Waals surface area contributed by atoms with Gasteiger partial charge in [-0.1, -0.05) is 57.0 Å². The molecular formula is C21H37N2O6P. The van der Waals surface area contributed by atoms with Crippen molar-refractivity contribution in [1.29, 1.82) is 0 Å². The molecule has 0 aliphatic heterocycles. The fourth-order valence-electron chi connectivity index (χ4n) is 3.28. The molecule has 0 fully saturated rings. The highest BCUT2D eigenvalue weighted by molar-refractivity contribution is 7.53. The standard InChI is InChI=1S/C21H35N2O6P.H2/c1-3-17(4-2)20(23-19(24)14-13-16-10-6-5-7-11-16)30(27,28)29-18(21(25)26)12-8-9-15-22;/h5-7,10-11,17-18,20H,3-4,8-9,12-15,22H2,1-2H3,(H,23,24)(H,25,26)(H,27,28);1H. The predicted molar refractivity (Wildman–Crippen MR) is 118 cm³/mol. The Balaban J connectivity index is 0.00000900. The minimum absolute atomic E-state index is 0. The SMILES string of the molecule is CCC(CC)C(NC(=O)CCc1ccccc1)P(=O)(O)OC(CCCCN)C(=O)O.[HH]. The second kappa shape index (κ2) is 13.5. The van der Waals surface area contributed by atoms with Crippen LogP contribution >= 0.6 is 7.60 Å². The van der Waals surface area contributed by atoms with Gasteiger partial charge in [-0.05, 0) is 43.7 Å². The van der Waals surface area contributed by atoms with Gasteiger partial charge in [0.2, 0.25) is 5.91 Å². The van der Waals surface area contributed by atoms with Gasteiger partial charge in [-0.15, -0.1) is 0 Å². The van der Waals surface area contributed by atoms with E-state index in [1.165, 1.54) is 0 Å². The number of carboxylic acids is 1. The molecule has 0 bridgehead atoms. The van der Waals surface area contributed by atoms with Gasteiger partial charge in [-0.3, -0.25) is 13.9 Å². The summed E-state index contributed by atoms with van der Waals surface area (Å²) < 4.78 is 18.3. The van der Waals surface area contributed by atoms with Crippen molar-refractivity contribution in [1.82, 2.24) is 5.32 Å². The molecule has 1 amide bonds. The average Bonchev–Trinajstić information content (AvgIpc) is 2.72. The first kappa shape index (κ1) is 26.3. The fraction of sp³-hybridized carbons (Fsp3) is 0.619. The van der Waals surface area contributed by atoms with E-state index in [-0.39, 0.29) is 26.1 Å². The third-order valence-electron chi connectivity index (χ3n) is 5.11. The van der Waals surface area contributed by atoms with Gasteiger partial charge in [0, 0.05) is 7.85 Å². The summed E-state index contributed by atoms with van der Waals surface area (Å²) in [4.78, 5) is 34.7. The molecule has 0 aliphatic rings. The molecule has 3 unspecified atom stereocenters. The van der Waals surface area contributed by atoms with Crippen LogP contribution < -0.4 is 11.1 Å². The minimum atomic E-state index is -4.44. The summed E-state index contributed by atoms with van der Waals surface area (Å²) in [5.41, 5.74) is 6.41. The van der Waals surface area contributed by atoms with Gasteiger partial charge in [0.15, 0.2) is 6.10 Å². The lowest BCUT2D eigenvalue weighted by Crippen LogP contribution is -2.41. The monoisotopic (exact) mass is 444 g/mol. The summed E-state index contributed by atoms with van der Waals surface area (Å²) >= 11 is 0. The predicted octanol–water partition coefficient (Wildman–Crippen LogP) is 3.53. The Morgan fingerprint density at radius 3 is 2.37 bits per heavy atom. The van der Waals surface area contributed by atoms with E-state index in [0.29, 0.717) is 38.6 Å². The van der Waals surface area contributed by atoms with E-state index >= 15 is 0 Å². The molecule has 1 rings (SSSR count). The summed E-state index contributed by atoms with van der Waals surface area (Å²) in [5.74, 6) is -3.16. The fourth-order valence-corrected chi connectivity index (χ4v) is 5.24. The Labute approximate surface area is 180 Å². The molecule has 0 saturated carbocycles. The van der Waals surface area contributed by atoms with Crippen LogP contribution in [-0.2, 0) is 25.1 Å². The summed E-state index contributed by atoms with van der Waals surface area (Å²) in [7, 11) is -4.44. The van der Waals surface area contributed by atoms with Gasteiger partial charge < -0.3 is 21.1 Å². The Kier molecular flexibility index (Phi) is 11.9. The molecule has 0 aromatic heterocycles. The maximum Gasteiger partial charge on any atom is 0.351 e. The number of nitrogens with two attached hydrogens (primary N) is 1. The van der Waals surface area contributed by atoms with Crippen LogP contribution in [0.1, 0.15) is 59.4 Å². The summed E-state index contributed by atoms with van der Waals surface area (Å²) in [5, 5.41) is 12.0. The zero-order valence-electron chi connectivity index (χ0n) is 17.8. The highest BCUT2D eigenvalue weighted by Crippen LogP contribution is 2.52. The van der Waals surface area contributed by atoms with Crippen LogP contribution in [0.5, 0.6) is 0 Å². The number of carbonyl (C=O) groups excluding carboxylic acids is 1. The first-order valence-electron chi connectivity index (χ1n) is 10.5. The Morgan fingerprint density at radius 2 is 1.83 bits per heavy atom. The number of hydrogen-bond acceptors (Lipinski definition) is 5. The lowest BCUT2D eigenvalue weighted by Gasteiger charge is -2.31. The van der Waals surface area contributed by atoms with E-state index in [1.54, 1.807) is 0 Å². The quantitative estimate of drug-likeness (QED) is 0.240. The lowest BCUT2D eigenvalue weighted by molar-refractivity contribution is -0.145. The maximum absolute atomic E-state index is 13.1. The van der Waals surface area contributed by atoms with Crippen LogP contribution in [0.4, 0.5) is 0 Å². The largest absolute Gasteiger partial charge is 0.479 e. The van der Waals surface area contributed by atoms with Crippen LogP contribution in [0.3, 0.4) is 0 Å². The molecule has 1 aromatic rings. The van der Waals surface area contributed by atoms with E-state index in [4.69, 9.17) is 10.3 Å². The number of hydrogen-bond donors (Lipinski definition) is 4. The third-order valence-corrected chi connectivity index (χ3v) is 6.92.